The van der Waals surface area contributed by atoms with Gasteiger partial charge >= 0.3 is 11.9 Å². The van der Waals surface area contributed by atoms with Crippen molar-refractivity contribution < 1.29 is 39.1 Å². The fraction of sp³-hybridized carbons (Fsp3) is 0.429. The lowest BCUT2D eigenvalue weighted by Crippen LogP contribution is -2.31. The van der Waals surface area contributed by atoms with Crippen molar-refractivity contribution in [3.05, 3.63) is 29.8 Å². The summed E-state index contributed by atoms with van der Waals surface area (Å²) in [5, 5.41) is 27.2. The molecule has 0 bridgehead atoms. The minimum Gasteiger partial charge on any atom is -0.493 e. The van der Waals surface area contributed by atoms with Crippen molar-refractivity contribution in [2.24, 2.45) is 5.73 Å². The van der Waals surface area contributed by atoms with Crippen LogP contribution in [0.15, 0.2) is 24.3 Å². The highest BCUT2D eigenvalue weighted by Crippen LogP contribution is 2.54. The van der Waals surface area contributed by atoms with Gasteiger partial charge < -0.3 is 30.7 Å². The van der Waals surface area contributed by atoms with Crippen LogP contribution in [0.4, 0.5) is 0 Å². The summed E-state index contributed by atoms with van der Waals surface area (Å²) in [4.78, 5) is 30.9. The largest absolute Gasteiger partial charge is 0.493 e. The first-order valence-corrected chi connectivity index (χ1v) is 8.97. The molecule has 3 atom stereocenters. The predicted octanol–water partition coefficient (Wildman–Crippen LogP) is 0.603. The van der Waals surface area contributed by atoms with E-state index in [0.717, 1.165) is 0 Å². The number of aliphatic hydroxyl groups is 1. The molecule has 0 aromatic heterocycles. The maximum absolute atomic E-state index is 12.1. The fourth-order valence-corrected chi connectivity index (χ4v) is 3.33. The number of carboxylic acids is 2. The average molecular weight is 361 g/mol. The zero-order valence-electron chi connectivity index (χ0n) is 12.7. The van der Waals surface area contributed by atoms with Crippen LogP contribution in [0.1, 0.15) is 24.3 Å². The van der Waals surface area contributed by atoms with Gasteiger partial charge in [0.25, 0.3) is 0 Å². The fourth-order valence-electron chi connectivity index (χ4n) is 1.80. The summed E-state index contributed by atoms with van der Waals surface area (Å²) in [5.41, 5.74) is 5.44. The summed E-state index contributed by atoms with van der Waals surface area (Å²) in [7, 11) is -4.05. The number of benzene rings is 1. The third-order valence-electron chi connectivity index (χ3n) is 3.22. The normalized spacial score (nSPS) is 16.0. The number of hydrogen-bond donors (Lipinski definition) is 5. The SMILES string of the molecule is NC(CCP(=O)(O)C(O)c1ccc(OCCC(=O)O)cc1)C(=O)O. The van der Waals surface area contributed by atoms with E-state index in [1.165, 1.54) is 24.3 Å². The van der Waals surface area contributed by atoms with E-state index in [1.807, 2.05) is 0 Å². The van der Waals surface area contributed by atoms with Gasteiger partial charge in [-0.3, -0.25) is 14.2 Å². The highest BCUT2D eigenvalue weighted by Gasteiger charge is 2.31. The molecule has 6 N–H and O–H groups in total. The molecule has 0 fully saturated rings. The molecule has 0 amide bonds. The van der Waals surface area contributed by atoms with Gasteiger partial charge in [0.2, 0.25) is 7.37 Å². The Labute approximate surface area is 138 Å². The van der Waals surface area contributed by atoms with Crippen molar-refractivity contribution >= 4 is 19.3 Å². The summed E-state index contributed by atoms with van der Waals surface area (Å²) in [5.74, 6) is -3.60. The van der Waals surface area contributed by atoms with Crippen LogP contribution < -0.4 is 10.5 Å². The summed E-state index contributed by atoms with van der Waals surface area (Å²) < 4.78 is 17.3. The molecule has 134 valence electrons. The van der Waals surface area contributed by atoms with E-state index in [-0.39, 0.29) is 25.0 Å². The molecule has 9 nitrogen and oxygen atoms in total. The van der Waals surface area contributed by atoms with Crippen molar-refractivity contribution in [3.63, 3.8) is 0 Å². The van der Waals surface area contributed by atoms with Crippen LogP contribution in [0, 0.1) is 0 Å². The number of ether oxygens (including phenoxy) is 1. The summed E-state index contributed by atoms with van der Waals surface area (Å²) in [6, 6.07) is 4.34. The number of carbonyl (C=O) groups is 2. The molecule has 24 heavy (non-hydrogen) atoms. The molecule has 0 aliphatic carbocycles. The van der Waals surface area contributed by atoms with Crippen molar-refractivity contribution in [2.45, 2.75) is 24.7 Å². The highest BCUT2D eigenvalue weighted by atomic mass is 31.2. The summed E-state index contributed by atoms with van der Waals surface area (Å²) >= 11 is 0. The third-order valence-corrected chi connectivity index (χ3v) is 5.18. The number of carboxylic acid groups (broad SMARTS) is 2. The van der Waals surface area contributed by atoms with Gasteiger partial charge in [0.15, 0.2) is 5.85 Å². The first-order chi connectivity index (χ1) is 11.1. The standard InChI is InChI=1S/C14H20NO8P/c15-11(13(18)19)6-8-24(21,22)14(20)9-1-3-10(4-2-9)23-7-5-12(16)17/h1-4,11,14,20H,5-8,15H2,(H,16,17)(H,18,19)(H,21,22). The molecule has 0 spiro atoms. The smallest absolute Gasteiger partial charge is 0.320 e. The van der Waals surface area contributed by atoms with Gasteiger partial charge in [-0.1, -0.05) is 12.1 Å². The lowest BCUT2D eigenvalue weighted by Gasteiger charge is -2.19. The molecule has 0 saturated carbocycles. The van der Waals surface area contributed by atoms with Crippen LogP contribution in [0.5, 0.6) is 5.75 Å². The van der Waals surface area contributed by atoms with E-state index in [4.69, 9.17) is 20.7 Å². The van der Waals surface area contributed by atoms with Crippen molar-refractivity contribution in [1.82, 2.24) is 0 Å². The van der Waals surface area contributed by atoms with Gasteiger partial charge in [-0.2, -0.15) is 0 Å². The molecular weight excluding hydrogens is 341 g/mol. The van der Waals surface area contributed by atoms with Gasteiger partial charge in [0, 0.05) is 6.16 Å². The lowest BCUT2D eigenvalue weighted by molar-refractivity contribution is -0.139. The molecule has 3 unspecified atom stereocenters. The molecule has 0 saturated heterocycles. The maximum atomic E-state index is 12.1. The average Bonchev–Trinajstić information content (AvgIpc) is 2.52. The molecule has 0 radical (unpaired) electrons. The molecule has 10 heteroatoms. The number of hydrogen-bond acceptors (Lipinski definition) is 6. The summed E-state index contributed by atoms with van der Waals surface area (Å²) in [6.45, 7) is -0.0250. The van der Waals surface area contributed by atoms with Crippen LogP contribution in [-0.4, -0.2) is 51.0 Å². The molecule has 0 heterocycles. The second-order valence-corrected chi connectivity index (χ2v) is 7.60. The number of aliphatic hydroxyl groups excluding tert-OH is 1. The first kappa shape index (κ1) is 20.1. The van der Waals surface area contributed by atoms with E-state index in [0.29, 0.717) is 5.75 Å². The van der Waals surface area contributed by atoms with Crippen molar-refractivity contribution in [3.8, 4) is 5.75 Å². The van der Waals surface area contributed by atoms with Gasteiger partial charge in [0.05, 0.1) is 13.0 Å². The lowest BCUT2D eigenvalue weighted by atomic mass is 10.2. The minimum absolute atomic E-state index is 0.0250. The Morgan fingerprint density at radius 3 is 2.29 bits per heavy atom. The Morgan fingerprint density at radius 1 is 1.21 bits per heavy atom. The molecule has 0 aliphatic heterocycles. The second-order valence-electron chi connectivity index (χ2n) is 5.15. The van der Waals surface area contributed by atoms with Crippen molar-refractivity contribution in [1.29, 1.82) is 0 Å². The Hall–Kier alpha value is -1.93. The van der Waals surface area contributed by atoms with E-state index in [2.05, 4.69) is 0 Å². The van der Waals surface area contributed by atoms with Crippen molar-refractivity contribution in [2.75, 3.05) is 12.8 Å². The minimum atomic E-state index is -4.05. The van der Waals surface area contributed by atoms with Gasteiger partial charge in [0.1, 0.15) is 11.8 Å². The van der Waals surface area contributed by atoms with Crippen LogP contribution in [0.2, 0.25) is 0 Å². The highest BCUT2D eigenvalue weighted by molar-refractivity contribution is 7.58. The Morgan fingerprint density at radius 2 is 1.79 bits per heavy atom. The monoisotopic (exact) mass is 361 g/mol. The maximum Gasteiger partial charge on any atom is 0.320 e. The first-order valence-electron chi connectivity index (χ1n) is 7.06. The number of aliphatic carboxylic acids is 2. The van der Waals surface area contributed by atoms with Crippen LogP contribution >= 0.6 is 7.37 Å². The van der Waals surface area contributed by atoms with Gasteiger partial charge in [-0.05, 0) is 24.1 Å². The van der Waals surface area contributed by atoms with Gasteiger partial charge in [-0.25, -0.2) is 0 Å². The molecule has 1 aromatic carbocycles. The topological polar surface area (TPSA) is 167 Å². The number of rotatable bonds is 10. The van der Waals surface area contributed by atoms with Crippen LogP contribution in [0.3, 0.4) is 0 Å². The second kappa shape index (κ2) is 8.79. The van der Waals surface area contributed by atoms with E-state index in [9.17, 15) is 24.2 Å². The zero-order valence-corrected chi connectivity index (χ0v) is 13.6. The summed E-state index contributed by atoms with van der Waals surface area (Å²) in [6.07, 6.45) is -0.838. The molecule has 1 rings (SSSR count). The number of nitrogens with two attached hydrogens (primary N) is 1. The van der Waals surface area contributed by atoms with Crippen LogP contribution in [-0.2, 0) is 14.2 Å². The Bertz CT molecular complexity index is 618. The van der Waals surface area contributed by atoms with E-state index < -0.39 is 37.4 Å². The van der Waals surface area contributed by atoms with E-state index >= 15 is 0 Å². The molecular formula is C14H20NO8P. The van der Waals surface area contributed by atoms with Gasteiger partial charge in [-0.15, -0.1) is 0 Å². The Kier molecular flexibility index (Phi) is 7.37. The predicted molar refractivity (Wildman–Crippen MR) is 84.1 cm³/mol. The third kappa shape index (κ3) is 6.29. The quantitative estimate of drug-likeness (QED) is 0.375. The molecule has 0 aliphatic rings. The molecule has 1 aromatic rings. The Balaban J connectivity index is 2.65. The van der Waals surface area contributed by atoms with E-state index in [1.54, 1.807) is 0 Å². The zero-order chi connectivity index (χ0) is 18.3. The van der Waals surface area contributed by atoms with Crippen LogP contribution in [0.25, 0.3) is 0 Å².